The molecule has 1 aromatic heterocycles. The SMILES string of the molecule is N#Cc1ncc(Cl)cc1C(=O)O. The van der Waals surface area contributed by atoms with E-state index >= 15 is 0 Å². The highest BCUT2D eigenvalue weighted by atomic mass is 35.5. The molecule has 12 heavy (non-hydrogen) atoms. The van der Waals surface area contributed by atoms with Crippen molar-refractivity contribution in [1.29, 1.82) is 5.26 Å². The first-order chi connectivity index (χ1) is 5.65. The topological polar surface area (TPSA) is 74.0 Å². The van der Waals surface area contributed by atoms with Crippen LogP contribution in [0.4, 0.5) is 0 Å². The number of hydrogen-bond donors (Lipinski definition) is 1. The minimum Gasteiger partial charge on any atom is -0.478 e. The van der Waals surface area contributed by atoms with E-state index in [9.17, 15) is 4.79 Å². The van der Waals surface area contributed by atoms with Crippen LogP contribution in [-0.2, 0) is 0 Å². The van der Waals surface area contributed by atoms with Gasteiger partial charge in [-0.15, -0.1) is 0 Å². The molecule has 1 N–H and O–H groups in total. The van der Waals surface area contributed by atoms with Gasteiger partial charge in [0.1, 0.15) is 6.07 Å². The predicted octanol–water partition coefficient (Wildman–Crippen LogP) is 1.30. The van der Waals surface area contributed by atoms with Crippen LogP contribution >= 0.6 is 11.6 Å². The average Bonchev–Trinajstić information content (AvgIpc) is 2.04. The van der Waals surface area contributed by atoms with Crippen molar-refractivity contribution < 1.29 is 9.90 Å². The van der Waals surface area contributed by atoms with Crippen LogP contribution in [0.25, 0.3) is 0 Å². The van der Waals surface area contributed by atoms with Gasteiger partial charge in [-0.25, -0.2) is 9.78 Å². The number of carboxylic acid groups (broad SMARTS) is 1. The molecule has 0 saturated carbocycles. The Kier molecular flexibility index (Phi) is 2.26. The standard InChI is InChI=1S/C7H3ClN2O2/c8-4-1-5(7(11)12)6(2-9)10-3-4/h1,3H,(H,11,12). The second kappa shape index (κ2) is 3.20. The van der Waals surface area contributed by atoms with E-state index in [2.05, 4.69) is 4.98 Å². The highest BCUT2D eigenvalue weighted by molar-refractivity contribution is 6.30. The van der Waals surface area contributed by atoms with Gasteiger partial charge >= 0.3 is 5.97 Å². The molecule has 0 spiro atoms. The zero-order chi connectivity index (χ0) is 9.14. The Labute approximate surface area is 73.0 Å². The van der Waals surface area contributed by atoms with Gasteiger partial charge in [0, 0.05) is 6.20 Å². The van der Waals surface area contributed by atoms with Gasteiger partial charge in [0.15, 0.2) is 5.69 Å². The van der Waals surface area contributed by atoms with E-state index in [-0.39, 0.29) is 16.3 Å². The van der Waals surface area contributed by atoms with Gasteiger partial charge in [-0.05, 0) is 6.07 Å². The van der Waals surface area contributed by atoms with Crippen LogP contribution in [0.15, 0.2) is 12.3 Å². The maximum Gasteiger partial charge on any atom is 0.338 e. The Morgan fingerprint density at radius 3 is 2.92 bits per heavy atom. The second-order valence-corrected chi connectivity index (χ2v) is 2.40. The van der Waals surface area contributed by atoms with Gasteiger partial charge in [0.25, 0.3) is 0 Å². The van der Waals surface area contributed by atoms with Crippen molar-refractivity contribution in [3.8, 4) is 6.07 Å². The number of carbonyl (C=O) groups is 1. The lowest BCUT2D eigenvalue weighted by Gasteiger charge is -1.96. The molecular weight excluding hydrogens is 180 g/mol. The Balaban J connectivity index is 3.34. The molecule has 1 aromatic rings. The molecule has 0 aromatic carbocycles. The number of rotatable bonds is 1. The molecule has 0 fully saturated rings. The van der Waals surface area contributed by atoms with Crippen LogP contribution in [0.5, 0.6) is 0 Å². The summed E-state index contributed by atoms with van der Waals surface area (Å²) in [7, 11) is 0. The fraction of sp³-hybridized carbons (Fsp3) is 0. The van der Waals surface area contributed by atoms with E-state index in [1.807, 2.05) is 0 Å². The molecule has 0 aliphatic rings. The lowest BCUT2D eigenvalue weighted by atomic mass is 10.2. The number of carboxylic acids is 1. The van der Waals surface area contributed by atoms with E-state index in [0.717, 1.165) is 0 Å². The first-order valence-electron chi connectivity index (χ1n) is 2.94. The molecule has 0 saturated heterocycles. The normalized spacial score (nSPS) is 9.00. The summed E-state index contributed by atoms with van der Waals surface area (Å²) < 4.78 is 0. The number of nitrogens with zero attached hydrogens (tertiary/aromatic N) is 2. The fourth-order valence-electron chi connectivity index (χ4n) is 0.691. The van der Waals surface area contributed by atoms with Crippen LogP contribution in [0, 0.1) is 11.3 Å². The largest absolute Gasteiger partial charge is 0.478 e. The van der Waals surface area contributed by atoms with Crippen LogP contribution in [-0.4, -0.2) is 16.1 Å². The summed E-state index contributed by atoms with van der Waals surface area (Å²) in [5.74, 6) is -1.21. The number of pyridine rings is 1. The van der Waals surface area contributed by atoms with Crippen molar-refractivity contribution in [2.75, 3.05) is 0 Å². The number of halogens is 1. The number of aromatic carboxylic acids is 1. The summed E-state index contributed by atoms with van der Waals surface area (Å²) in [6, 6.07) is 2.84. The molecule has 0 aliphatic heterocycles. The van der Waals surface area contributed by atoms with Crippen molar-refractivity contribution in [3.63, 3.8) is 0 Å². The Hall–Kier alpha value is -1.60. The summed E-state index contributed by atoms with van der Waals surface area (Å²) >= 11 is 5.48. The summed E-state index contributed by atoms with van der Waals surface area (Å²) in [5, 5.41) is 17.2. The average molecular weight is 183 g/mol. The van der Waals surface area contributed by atoms with Gasteiger partial charge in [-0.2, -0.15) is 5.26 Å². The lowest BCUT2D eigenvalue weighted by molar-refractivity contribution is 0.0696. The molecular formula is C7H3ClN2O2. The van der Waals surface area contributed by atoms with Crippen molar-refractivity contribution in [3.05, 3.63) is 28.5 Å². The molecule has 0 amide bonds. The second-order valence-electron chi connectivity index (χ2n) is 1.97. The molecule has 4 nitrogen and oxygen atoms in total. The first kappa shape index (κ1) is 8.50. The van der Waals surface area contributed by atoms with Crippen molar-refractivity contribution >= 4 is 17.6 Å². The number of hydrogen-bond acceptors (Lipinski definition) is 3. The van der Waals surface area contributed by atoms with Gasteiger partial charge < -0.3 is 5.11 Å². The minimum absolute atomic E-state index is 0.132. The van der Waals surface area contributed by atoms with E-state index in [0.29, 0.717) is 0 Å². The van der Waals surface area contributed by atoms with Gasteiger partial charge in [0.2, 0.25) is 0 Å². The van der Waals surface area contributed by atoms with Crippen LogP contribution < -0.4 is 0 Å². The third-order valence-corrected chi connectivity index (χ3v) is 1.40. The van der Waals surface area contributed by atoms with E-state index in [4.69, 9.17) is 22.0 Å². The highest BCUT2D eigenvalue weighted by Crippen LogP contribution is 2.12. The molecule has 1 rings (SSSR count). The van der Waals surface area contributed by atoms with Crippen molar-refractivity contribution in [1.82, 2.24) is 4.98 Å². The Bertz CT molecular complexity index is 370. The van der Waals surface area contributed by atoms with Gasteiger partial charge in [0.05, 0.1) is 10.6 Å². The predicted molar refractivity (Wildman–Crippen MR) is 40.9 cm³/mol. The van der Waals surface area contributed by atoms with Crippen molar-refractivity contribution in [2.24, 2.45) is 0 Å². The summed E-state index contributed by atoms with van der Waals surface area (Å²) in [4.78, 5) is 14.0. The van der Waals surface area contributed by atoms with Crippen LogP contribution in [0.3, 0.4) is 0 Å². The molecule has 0 aliphatic carbocycles. The maximum atomic E-state index is 10.5. The molecule has 0 radical (unpaired) electrons. The van der Waals surface area contributed by atoms with Crippen LogP contribution in [0.2, 0.25) is 5.02 Å². The smallest absolute Gasteiger partial charge is 0.338 e. The third kappa shape index (κ3) is 1.52. The van der Waals surface area contributed by atoms with E-state index in [1.54, 1.807) is 6.07 Å². The summed E-state index contributed by atoms with van der Waals surface area (Å²) in [6.45, 7) is 0. The highest BCUT2D eigenvalue weighted by Gasteiger charge is 2.10. The zero-order valence-electron chi connectivity index (χ0n) is 5.78. The van der Waals surface area contributed by atoms with Crippen LogP contribution in [0.1, 0.15) is 16.1 Å². The minimum atomic E-state index is -1.21. The van der Waals surface area contributed by atoms with Crippen molar-refractivity contribution in [2.45, 2.75) is 0 Å². The molecule has 0 atom stereocenters. The van der Waals surface area contributed by atoms with E-state index < -0.39 is 5.97 Å². The molecule has 0 unspecified atom stereocenters. The zero-order valence-corrected chi connectivity index (χ0v) is 6.54. The molecule has 0 bridgehead atoms. The summed E-state index contributed by atoms with van der Waals surface area (Å²) in [5.41, 5.74) is -0.308. The first-order valence-corrected chi connectivity index (χ1v) is 3.32. The monoisotopic (exact) mass is 182 g/mol. The molecule has 60 valence electrons. The van der Waals surface area contributed by atoms with Gasteiger partial charge in [-0.1, -0.05) is 11.6 Å². The molecule has 5 heteroatoms. The molecule has 1 heterocycles. The Morgan fingerprint density at radius 1 is 1.75 bits per heavy atom. The summed E-state index contributed by atoms with van der Waals surface area (Å²) in [6.07, 6.45) is 1.23. The number of nitriles is 1. The third-order valence-electron chi connectivity index (χ3n) is 1.19. The van der Waals surface area contributed by atoms with E-state index in [1.165, 1.54) is 12.3 Å². The number of aromatic nitrogens is 1. The Morgan fingerprint density at radius 2 is 2.42 bits per heavy atom. The maximum absolute atomic E-state index is 10.5. The quantitative estimate of drug-likeness (QED) is 0.711. The lowest BCUT2D eigenvalue weighted by Crippen LogP contribution is -2.01. The fourth-order valence-corrected chi connectivity index (χ4v) is 0.849. The van der Waals surface area contributed by atoms with Gasteiger partial charge in [-0.3, -0.25) is 0 Å².